The fraction of sp³-hybridized carbons (Fsp3) is 0.667. The first-order chi connectivity index (χ1) is 7.90. The maximum absolute atomic E-state index is 5.45. The third kappa shape index (κ3) is 2.92. The molecule has 3 N–H and O–H groups in total. The molecule has 0 atom stereocenters. The Bertz CT molecular complexity index is 321. The highest BCUT2D eigenvalue weighted by Gasteiger charge is 2.17. The van der Waals surface area contributed by atoms with Crippen molar-refractivity contribution >= 4 is 5.82 Å². The molecule has 0 saturated heterocycles. The van der Waals surface area contributed by atoms with Crippen LogP contribution in [0.25, 0.3) is 0 Å². The van der Waals surface area contributed by atoms with E-state index < -0.39 is 0 Å². The first-order valence-electron chi connectivity index (χ1n) is 6.17. The number of hydrogen-bond acceptors (Lipinski definition) is 4. The number of rotatable bonds is 4. The quantitative estimate of drug-likeness (QED) is 0.813. The van der Waals surface area contributed by atoms with Crippen molar-refractivity contribution in [1.29, 1.82) is 0 Å². The van der Waals surface area contributed by atoms with E-state index in [0.29, 0.717) is 12.5 Å². The van der Waals surface area contributed by atoms with Crippen LogP contribution in [0.5, 0.6) is 0 Å². The van der Waals surface area contributed by atoms with E-state index >= 15 is 0 Å². The van der Waals surface area contributed by atoms with Gasteiger partial charge in [0.2, 0.25) is 0 Å². The van der Waals surface area contributed by atoms with Gasteiger partial charge in [-0.25, -0.2) is 9.97 Å². The van der Waals surface area contributed by atoms with Crippen molar-refractivity contribution in [1.82, 2.24) is 9.97 Å². The van der Waals surface area contributed by atoms with Gasteiger partial charge in [0.05, 0.1) is 0 Å². The summed E-state index contributed by atoms with van der Waals surface area (Å²) in [6, 6.07) is 1.90. The molecule has 0 aliphatic heterocycles. The molecule has 1 aromatic rings. The molecule has 1 aliphatic carbocycles. The van der Waals surface area contributed by atoms with Crippen LogP contribution in [-0.2, 0) is 0 Å². The van der Waals surface area contributed by atoms with Crippen LogP contribution >= 0.6 is 0 Å². The molecule has 0 spiro atoms. The molecule has 2 rings (SSSR count). The van der Waals surface area contributed by atoms with Gasteiger partial charge < -0.3 is 11.1 Å². The Balaban J connectivity index is 2.02. The van der Waals surface area contributed by atoms with Gasteiger partial charge in [-0.3, -0.25) is 0 Å². The van der Waals surface area contributed by atoms with Crippen molar-refractivity contribution in [3.05, 3.63) is 18.1 Å². The normalized spacial score (nSPS) is 17.3. The highest BCUT2D eigenvalue weighted by molar-refractivity contribution is 5.33. The average Bonchev–Trinajstić information content (AvgIpc) is 2.38. The van der Waals surface area contributed by atoms with Crippen molar-refractivity contribution in [2.45, 2.75) is 38.0 Å². The molecule has 4 heteroatoms. The largest absolute Gasteiger partial charge is 0.369 e. The number of hydrogen-bond donors (Lipinski definition) is 2. The lowest BCUT2D eigenvalue weighted by molar-refractivity contribution is 0.429. The summed E-state index contributed by atoms with van der Waals surface area (Å²) in [6.07, 6.45) is 8.31. The zero-order valence-electron chi connectivity index (χ0n) is 9.65. The molecule has 0 bridgehead atoms. The lowest BCUT2D eigenvalue weighted by Crippen LogP contribution is -2.15. The van der Waals surface area contributed by atoms with Gasteiger partial charge in [-0.05, 0) is 18.9 Å². The average molecular weight is 220 g/mol. The minimum Gasteiger partial charge on any atom is -0.369 e. The van der Waals surface area contributed by atoms with Gasteiger partial charge >= 0.3 is 0 Å². The van der Waals surface area contributed by atoms with Crippen LogP contribution in [0.4, 0.5) is 5.82 Å². The Kier molecular flexibility index (Phi) is 4.10. The van der Waals surface area contributed by atoms with Crippen LogP contribution in [0.3, 0.4) is 0 Å². The van der Waals surface area contributed by atoms with Gasteiger partial charge in [0, 0.05) is 25.2 Å². The molecule has 1 saturated carbocycles. The molecule has 1 aliphatic rings. The first-order valence-corrected chi connectivity index (χ1v) is 6.17. The van der Waals surface area contributed by atoms with E-state index in [0.717, 1.165) is 18.2 Å². The second-order valence-electron chi connectivity index (χ2n) is 4.35. The monoisotopic (exact) mass is 220 g/mol. The van der Waals surface area contributed by atoms with Gasteiger partial charge in [-0.15, -0.1) is 0 Å². The lowest BCUT2D eigenvalue weighted by Gasteiger charge is -2.20. The minimum atomic E-state index is 0.563. The zero-order chi connectivity index (χ0) is 11.2. The van der Waals surface area contributed by atoms with Crippen molar-refractivity contribution in [3.63, 3.8) is 0 Å². The van der Waals surface area contributed by atoms with E-state index in [1.165, 1.54) is 32.1 Å². The van der Waals surface area contributed by atoms with Gasteiger partial charge in [0.1, 0.15) is 11.6 Å². The van der Waals surface area contributed by atoms with Crippen LogP contribution < -0.4 is 11.1 Å². The molecule has 0 aromatic carbocycles. The molecule has 4 nitrogen and oxygen atoms in total. The predicted octanol–water partition coefficient (Wildman–Crippen LogP) is 1.89. The predicted molar refractivity (Wildman–Crippen MR) is 65.4 cm³/mol. The zero-order valence-corrected chi connectivity index (χ0v) is 9.65. The molecule has 1 heterocycles. The third-order valence-corrected chi connectivity index (χ3v) is 3.09. The Morgan fingerprint density at radius 1 is 1.31 bits per heavy atom. The van der Waals surface area contributed by atoms with Gasteiger partial charge in [-0.1, -0.05) is 19.3 Å². The lowest BCUT2D eigenvalue weighted by atomic mass is 9.89. The summed E-state index contributed by atoms with van der Waals surface area (Å²) in [4.78, 5) is 8.94. The Labute approximate surface area is 96.7 Å². The van der Waals surface area contributed by atoms with E-state index in [-0.39, 0.29) is 0 Å². The second-order valence-corrected chi connectivity index (χ2v) is 4.35. The van der Waals surface area contributed by atoms with Crippen LogP contribution in [0, 0.1) is 0 Å². The molecule has 0 amide bonds. The van der Waals surface area contributed by atoms with Gasteiger partial charge in [0.25, 0.3) is 0 Å². The highest BCUT2D eigenvalue weighted by atomic mass is 15.0. The Morgan fingerprint density at radius 2 is 2.12 bits per heavy atom. The standard InChI is InChI=1S/C12H20N4/c13-7-9-14-11-6-8-15-12(16-11)10-4-2-1-3-5-10/h6,8,10H,1-5,7,9,13H2,(H,14,15,16). The molecule has 0 unspecified atom stereocenters. The molecule has 1 aromatic heterocycles. The number of aromatic nitrogens is 2. The highest BCUT2D eigenvalue weighted by Crippen LogP contribution is 2.30. The topological polar surface area (TPSA) is 63.8 Å². The third-order valence-electron chi connectivity index (χ3n) is 3.09. The van der Waals surface area contributed by atoms with Crippen molar-refractivity contribution in [2.24, 2.45) is 5.73 Å². The molecule has 88 valence electrons. The summed E-state index contributed by atoms with van der Waals surface area (Å²) in [5.74, 6) is 2.47. The Hall–Kier alpha value is -1.16. The fourth-order valence-electron chi connectivity index (χ4n) is 2.23. The van der Waals surface area contributed by atoms with E-state index in [9.17, 15) is 0 Å². The summed E-state index contributed by atoms with van der Waals surface area (Å²) < 4.78 is 0. The minimum absolute atomic E-state index is 0.563. The van der Waals surface area contributed by atoms with Crippen LogP contribution in [0.1, 0.15) is 43.8 Å². The van der Waals surface area contributed by atoms with Gasteiger partial charge in [-0.2, -0.15) is 0 Å². The number of nitrogens with zero attached hydrogens (tertiary/aromatic N) is 2. The van der Waals surface area contributed by atoms with Crippen LogP contribution in [0.15, 0.2) is 12.3 Å². The number of nitrogens with two attached hydrogens (primary N) is 1. The van der Waals surface area contributed by atoms with Crippen molar-refractivity contribution in [3.8, 4) is 0 Å². The maximum Gasteiger partial charge on any atom is 0.133 e. The van der Waals surface area contributed by atoms with Gasteiger partial charge in [0.15, 0.2) is 0 Å². The summed E-state index contributed by atoms with van der Waals surface area (Å²) in [7, 11) is 0. The molecule has 16 heavy (non-hydrogen) atoms. The Morgan fingerprint density at radius 3 is 2.88 bits per heavy atom. The van der Waals surface area contributed by atoms with Crippen LogP contribution in [0.2, 0.25) is 0 Å². The number of anilines is 1. The number of nitrogens with one attached hydrogen (secondary N) is 1. The fourth-order valence-corrected chi connectivity index (χ4v) is 2.23. The van der Waals surface area contributed by atoms with Crippen molar-refractivity contribution < 1.29 is 0 Å². The smallest absolute Gasteiger partial charge is 0.133 e. The van der Waals surface area contributed by atoms with Crippen LogP contribution in [-0.4, -0.2) is 23.1 Å². The SMILES string of the molecule is NCCNc1ccnc(C2CCCCC2)n1. The maximum atomic E-state index is 5.45. The summed E-state index contributed by atoms with van der Waals surface area (Å²) in [5.41, 5.74) is 5.45. The summed E-state index contributed by atoms with van der Waals surface area (Å²) in [5, 5.41) is 3.20. The summed E-state index contributed by atoms with van der Waals surface area (Å²) in [6.45, 7) is 1.39. The van der Waals surface area contributed by atoms with Crippen molar-refractivity contribution in [2.75, 3.05) is 18.4 Å². The first kappa shape index (κ1) is 11.3. The van der Waals surface area contributed by atoms with E-state index in [4.69, 9.17) is 5.73 Å². The molecular formula is C12H20N4. The molecule has 1 fully saturated rings. The molecular weight excluding hydrogens is 200 g/mol. The summed E-state index contributed by atoms with van der Waals surface area (Å²) >= 11 is 0. The molecule has 0 radical (unpaired) electrons. The van der Waals surface area contributed by atoms with E-state index in [1.54, 1.807) is 0 Å². The second kappa shape index (κ2) is 5.80. The van der Waals surface area contributed by atoms with E-state index in [1.807, 2.05) is 12.3 Å². The van der Waals surface area contributed by atoms with E-state index in [2.05, 4.69) is 15.3 Å².